The minimum atomic E-state index is -0.588. The summed E-state index contributed by atoms with van der Waals surface area (Å²) in [7, 11) is 0. The van der Waals surface area contributed by atoms with E-state index in [0.29, 0.717) is 24.3 Å². The molecule has 1 saturated carbocycles. The number of ketones is 1. The molecule has 6 nitrogen and oxygen atoms in total. The number of amides is 1. The molecule has 1 amide bonds. The molecule has 2 atom stereocenters. The molecule has 2 N–H and O–H groups in total. The lowest BCUT2D eigenvalue weighted by atomic mass is 9.93. The van der Waals surface area contributed by atoms with Crippen LogP contribution < -0.4 is 5.73 Å². The fourth-order valence-electron chi connectivity index (χ4n) is 3.96. The van der Waals surface area contributed by atoms with Crippen molar-refractivity contribution in [3.05, 3.63) is 59.2 Å². The van der Waals surface area contributed by atoms with Gasteiger partial charge in [0, 0.05) is 36.0 Å². The first-order valence-electron chi connectivity index (χ1n) is 10.1. The van der Waals surface area contributed by atoms with Crippen molar-refractivity contribution in [2.45, 2.75) is 37.1 Å². The van der Waals surface area contributed by atoms with Gasteiger partial charge < -0.3 is 5.73 Å². The fraction of sp³-hybridized carbons (Fsp3) is 0.409. The molecule has 0 radical (unpaired) electrons. The highest BCUT2D eigenvalue weighted by molar-refractivity contribution is 7.81. The third-order valence-electron chi connectivity index (χ3n) is 5.63. The van der Waals surface area contributed by atoms with Crippen molar-refractivity contribution >= 4 is 30.4 Å². The Labute approximate surface area is 180 Å². The van der Waals surface area contributed by atoms with E-state index >= 15 is 0 Å². The number of nitrogens with two attached hydrogens (primary N) is 1. The number of halogens is 1. The van der Waals surface area contributed by atoms with Gasteiger partial charge in [0.05, 0.1) is 11.7 Å². The summed E-state index contributed by atoms with van der Waals surface area (Å²) < 4.78 is 16.1. The lowest BCUT2D eigenvalue weighted by Crippen LogP contribution is -2.42. The van der Waals surface area contributed by atoms with E-state index in [1.165, 1.54) is 10.7 Å². The Morgan fingerprint density at radius 1 is 1.27 bits per heavy atom. The molecule has 1 aromatic carbocycles. The Bertz CT molecular complexity index is 985. The maximum atomic E-state index is 14.6. The van der Waals surface area contributed by atoms with Gasteiger partial charge in [0.25, 0.3) is 0 Å². The molecule has 158 valence electrons. The smallest absolute Gasteiger partial charge is 0.239 e. The molecule has 2 fully saturated rings. The van der Waals surface area contributed by atoms with Crippen LogP contribution in [0.1, 0.15) is 36.6 Å². The highest BCUT2D eigenvalue weighted by Crippen LogP contribution is 2.39. The lowest BCUT2D eigenvalue weighted by molar-refractivity contribution is -0.126. The van der Waals surface area contributed by atoms with E-state index in [9.17, 15) is 14.0 Å². The molecule has 2 aromatic rings. The highest BCUT2D eigenvalue weighted by atomic mass is 32.1. The summed E-state index contributed by atoms with van der Waals surface area (Å²) in [5, 5.41) is 4.38. The Hall–Kier alpha value is -2.45. The Morgan fingerprint density at radius 3 is 2.73 bits per heavy atom. The van der Waals surface area contributed by atoms with Crippen molar-refractivity contribution in [3.8, 4) is 0 Å². The number of Topliss-reactive ketones (excluding diaryl/α,β-unsaturated/α-hetero) is 1. The Balaban J connectivity index is 1.60. The number of rotatable bonds is 7. The van der Waals surface area contributed by atoms with Crippen molar-refractivity contribution in [1.29, 1.82) is 0 Å². The van der Waals surface area contributed by atoms with Crippen LogP contribution in [0.2, 0.25) is 0 Å². The van der Waals surface area contributed by atoms with Crippen molar-refractivity contribution in [2.75, 3.05) is 13.1 Å². The van der Waals surface area contributed by atoms with Crippen LogP contribution in [0.25, 0.3) is 6.08 Å². The van der Waals surface area contributed by atoms with Gasteiger partial charge >= 0.3 is 0 Å². The Kier molecular flexibility index (Phi) is 6.06. The van der Waals surface area contributed by atoms with Gasteiger partial charge in [0.1, 0.15) is 12.4 Å². The molecular weight excluding hydrogens is 403 g/mol. The van der Waals surface area contributed by atoms with Gasteiger partial charge in [0.15, 0.2) is 5.78 Å². The van der Waals surface area contributed by atoms with Crippen LogP contribution in [0.15, 0.2) is 42.1 Å². The molecule has 1 saturated heterocycles. The zero-order valence-corrected chi connectivity index (χ0v) is 17.5. The van der Waals surface area contributed by atoms with E-state index < -0.39 is 11.9 Å². The number of thiol groups is 1. The molecule has 30 heavy (non-hydrogen) atoms. The molecular formula is C22H25FN4O2S. The minimum absolute atomic E-state index is 0.0187. The summed E-state index contributed by atoms with van der Waals surface area (Å²) in [4.78, 5) is 26.2. The Morgan fingerprint density at radius 2 is 2.03 bits per heavy atom. The number of piperidine rings is 1. The second kappa shape index (κ2) is 8.73. The maximum absolute atomic E-state index is 14.6. The van der Waals surface area contributed by atoms with Crippen molar-refractivity contribution in [3.63, 3.8) is 0 Å². The summed E-state index contributed by atoms with van der Waals surface area (Å²) >= 11 is 4.71. The average molecular weight is 429 g/mol. The molecule has 8 heteroatoms. The average Bonchev–Trinajstić information content (AvgIpc) is 3.47. The summed E-state index contributed by atoms with van der Waals surface area (Å²) in [5.74, 6) is -0.678. The third kappa shape index (κ3) is 4.65. The van der Waals surface area contributed by atoms with E-state index in [4.69, 9.17) is 18.4 Å². The van der Waals surface area contributed by atoms with E-state index in [1.807, 2.05) is 6.08 Å². The molecule has 0 bridgehead atoms. The first kappa shape index (κ1) is 20.8. The second-order valence-corrected chi connectivity index (χ2v) is 8.62. The predicted molar refractivity (Wildman–Crippen MR) is 115 cm³/mol. The van der Waals surface area contributed by atoms with Gasteiger partial charge in [-0.15, -0.1) is 0 Å². The summed E-state index contributed by atoms with van der Waals surface area (Å²) in [6, 6.07) is 7.76. The summed E-state index contributed by atoms with van der Waals surface area (Å²) in [6.45, 7) is 1.19. The number of nitrogens with zero attached hydrogens (tertiary/aromatic N) is 3. The van der Waals surface area contributed by atoms with Crippen molar-refractivity contribution in [1.82, 2.24) is 14.7 Å². The van der Waals surface area contributed by atoms with Gasteiger partial charge in [-0.25, -0.2) is 4.39 Å². The van der Waals surface area contributed by atoms with E-state index in [1.54, 1.807) is 30.5 Å². The normalized spacial score (nSPS) is 22.2. The van der Waals surface area contributed by atoms with Crippen molar-refractivity contribution in [2.24, 2.45) is 11.7 Å². The van der Waals surface area contributed by atoms with Gasteiger partial charge in [-0.05, 0) is 43.0 Å². The summed E-state index contributed by atoms with van der Waals surface area (Å²) in [6.07, 6.45) is 6.14. The zero-order chi connectivity index (χ0) is 21.3. The molecule has 2 heterocycles. The molecule has 4 rings (SSSR count). The molecule has 0 spiro atoms. The molecule has 2 aliphatic rings. The van der Waals surface area contributed by atoms with Crippen LogP contribution in [0.3, 0.4) is 0 Å². The number of hydrogen-bond donors (Lipinski definition) is 2. The van der Waals surface area contributed by atoms with E-state index in [0.717, 1.165) is 24.8 Å². The van der Waals surface area contributed by atoms with Crippen molar-refractivity contribution < 1.29 is 14.0 Å². The van der Waals surface area contributed by atoms with Gasteiger partial charge in [-0.2, -0.15) is 17.7 Å². The van der Waals surface area contributed by atoms with Crippen LogP contribution in [0.5, 0.6) is 0 Å². The number of carbonyl (C=O) groups is 2. The number of aromatic nitrogens is 2. The molecule has 2 unspecified atom stereocenters. The van der Waals surface area contributed by atoms with Gasteiger partial charge in [-0.3, -0.25) is 19.2 Å². The predicted octanol–water partition coefficient (Wildman–Crippen LogP) is 2.62. The quantitative estimate of drug-likeness (QED) is 0.665. The third-order valence-corrected chi connectivity index (χ3v) is 6.22. The van der Waals surface area contributed by atoms with Crippen LogP contribution in [0.4, 0.5) is 4.39 Å². The fourth-order valence-corrected chi connectivity index (χ4v) is 4.24. The SMILES string of the molecule is NC(=O)Cn1ccc(/C=C2\CN(C(C(=O)C3CC3)c3ccccc3F)CCC2S)n1. The topological polar surface area (TPSA) is 81.2 Å². The standard InChI is InChI=1S/C22H25FN4O2S/c23-18-4-2-1-3-17(18)21(22(29)14-5-6-14)26-9-8-19(30)15(12-26)11-16-7-10-27(25-16)13-20(24)28/h1-4,7,10-11,14,19,21,30H,5-6,8-9,12-13H2,(H2,24,28)/b15-11+. The van der Waals surface area contributed by atoms with Gasteiger partial charge in [0.2, 0.25) is 5.91 Å². The van der Waals surface area contributed by atoms with E-state index in [-0.39, 0.29) is 29.3 Å². The van der Waals surface area contributed by atoms with E-state index in [2.05, 4.69) is 10.00 Å². The maximum Gasteiger partial charge on any atom is 0.239 e. The molecule has 1 aromatic heterocycles. The largest absolute Gasteiger partial charge is 0.368 e. The summed E-state index contributed by atoms with van der Waals surface area (Å²) in [5.41, 5.74) is 7.37. The van der Waals surface area contributed by atoms with Crippen LogP contribution in [-0.4, -0.2) is 44.7 Å². The first-order chi connectivity index (χ1) is 14.4. The van der Waals surface area contributed by atoms with Gasteiger partial charge in [-0.1, -0.05) is 18.2 Å². The lowest BCUT2D eigenvalue weighted by Gasteiger charge is -2.37. The van der Waals surface area contributed by atoms with Crippen LogP contribution >= 0.6 is 12.6 Å². The molecule has 1 aliphatic carbocycles. The minimum Gasteiger partial charge on any atom is -0.368 e. The number of benzene rings is 1. The van der Waals surface area contributed by atoms with Crippen LogP contribution in [0, 0.1) is 11.7 Å². The highest BCUT2D eigenvalue weighted by Gasteiger charge is 2.40. The first-order valence-corrected chi connectivity index (χ1v) is 10.7. The number of hydrogen-bond acceptors (Lipinski definition) is 5. The monoisotopic (exact) mass is 428 g/mol. The van der Waals surface area contributed by atoms with Crippen LogP contribution in [-0.2, 0) is 16.1 Å². The number of likely N-dealkylation sites (tertiary alicyclic amines) is 1. The second-order valence-electron chi connectivity index (χ2n) is 8.00. The number of carbonyl (C=O) groups excluding carboxylic acids is 2. The molecule has 1 aliphatic heterocycles. The zero-order valence-electron chi connectivity index (χ0n) is 16.6. The number of primary amides is 1.